The van der Waals surface area contributed by atoms with Crippen LogP contribution in [0.3, 0.4) is 0 Å². The van der Waals surface area contributed by atoms with Crippen LogP contribution in [-0.2, 0) is 6.42 Å². The molecule has 1 atom stereocenters. The van der Waals surface area contributed by atoms with Crippen LogP contribution in [0.1, 0.15) is 24.5 Å². The Morgan fingerprint density at radius 1 is 1.36 bits per heavy atom. The maximum absolute atomic E-state index is 3.47. The number of fused-ring (bicyclic) bond motifs is 1. The van der Waals surface area contributed by atoms with Gasteiger partial charge >= 0.3 is 0 Å². The van der Waals surface area contributed by atoms with E-state index in [0.717, 1.165) is 6.54 Å². The van der Waals surface area contributed by atoms with Crippen LogP contribution in [-0.4, -0.2) is 12.6 Å². The van der Waals surface area contributed by atoms with Crippen LogP contribution in [0.25, 0.3) is 6.08 Å². The number of benzene rings is 1. The first kappa shape index (κ1) is 9.47. The largest absolute Gasteiger partial charge is 0.311 e. The van der Waals surface area contributed by atoms with Crippen molar-refractivity contribution in [3.05, 3.63) is 41.5 Å². The molecular formula is C13H17N. The van der Waals surface area contributed by atoms with E-state index >= 15 is 0 Å². The monoisotopic (exact) mass is 187 g/mol. The fourth-order valence-corrected chi connectivity index (χ4v) is 1.98. The second-order valence-corrected chi connectivity index (χ2v) is 3.76. The topological polar surface area (TPSA) is 12.0 Å². The van der Waals surface area contributed by atoms with Crippen LogP contribution in [0, 0.1) is 0 Å². The molecule has 0 bridgehead atoms. The van der Waals surface area contributed by atoms with E-state index in [2.05, 4.69) is 48.7 Å². The Kier molecular flexibility index (Phi) is 3.00. The van der Waals surface area contributed by atoms with Gasteiger partial charge in [0.1, 0.15) is 0 Å². The predicted molar refractivity (Wildman–Crippen MR) is 61.3 cm³/mol. The van der Waals surface area contributed by atoms with Crippen molar-refractivity contribution in [2.75, 3.05) is 6.54 Å². The van der Waals surface area contributed by atoms with Crippen LogP contribution < -0.4 is 5.32 Å². The van der Waals surface area contributed by atoms with E-state index in [-0.39, 0.29) is 0 Å². The molecule has 1 heteroatoms. The number of nitrogens with one attached hydrogen (secondary N) is 1. The zero-order valence-corrected chi connectivity index (χ0v) is 8.66. The third kappa shape index (κ3) is 2.05. The van der Waals surface area contributed by atoms with Crippen LogP contribution in [0.4, 0.5) is 0 Å². The third-order valence-corrected chi connectivity index (χ3v) is 2.75. The summed E-state index contributed by atoms with van der Waals surface area (Å²) in [6, 6.07) is 9.21. The molecule has 0 heterocycles. The molecule has 1 aliphatic rings. The van der Waals surface area contributed by atoms with Crippen molar-refractivity contribution >= 4 is 6.08 Å². The normalized spacial score (nSPS) is 20.2. The Bertz CT molecular complexity index is 328. The number of hydrogen-bond acceptors (Lipinski definition) is 1. The van der Waals surface area contributed by atoms with Gasteiger partial charge in [-0.05, 0) is 30.5 Å². The summed E-state index contributed by atoms with van der Waals surface area (Å²) in [6.07, 6.45) is 6.92. The molecule has 0 fully saturated rings. The third-order valence-electron chi connectivity index (χ3n) is 2.75. The minimum absolute atomic E-state index is 0.549. The molecule has 1 aromatic rings. The molecular weight excluding hydrogens is 170 g/mol. The summed E-state index contributed by atoms with van der Waals surface area (Å²) in [5.74, 6) is 0. The lowest BCUT2D eigenvalue weighted by Crippen LogP contribution is -2.26. The summed E-state index contributed by atoms with van der Waals surface area (Å²) in [7, 11) is 0. The Hall–Kier alpha value is -1.08. The summed E-state index contributed by atoms with van der Waals surface area (Å²) in [6.45, 7) is 3.21. The number of aryl methyl sites for hydroxylation is 1. The molecule has 14 heavy (non-hydrogen) atoms. The van der Waals surface area contributed by atoms with Crippen molar-refractivity contribution in [2.24, 2.45) is 0 Å². The van der Waals surface area contributed by atoms with Crippen molar-refractivity contribution < 1.29 is 0 Å². The smallest absolute Gasteiger partial charge is 0.0256 e. The van der Waals surface area contributed by atoms with Gasteiger partial charge in [-0.2, -0.15) is 0 Å². The van der Waals surface area contributed by atoms with E-state index < -0.39 is 0 Å². The van der Waals surface area contributed by atoms with Gasteiger partial charge in [0.2, 0.25) is 0 Å². The Labute approximate surface area is 85.8 Å². The zero-order valence-electron chi connectivity index (χ0n) is 8.66. The van der Waals surface area contributed by atoms with Crippen LogP contribution in [0.15, 0.2) is 30.3 Å². The molecule has 74 valence electrons. The molecule has 0 saturated carbocycles. The Balaban J connectivity index is 2.17. The van der Waals surface area contributed by atoms with Crippen molar-refractivity contribution in [3.63, 3.8) is 0 Å². The van der Waals surface area contributed by atoms with E-state index in [0.29, 0.717) is 6.04 Å². The van der Waals surface area contributed by atoms with E-state index in [1.807, 2.05) is 0 Å². The van der Waals surface area contributed by atoms with Crippen molar-refractivity contribution in [3.8, 4) is 0 Å². The summed E-state index contributed by atoms with van der Waals surface area (Å²) in [5.41, 5.74) is 2.86. The summed E-state index contributed by atoms with van der Waals surface area (Å²) in [4.78, 5) is 0. The average molecular weight is 187 g/mol. The number of rotatable bonds is 2. The predicted octanol–water partition coefficient (Wildman–Crippen LogP) is 2.62. The summed E-state index contributed by atoms with van der Waals surface area (Å²) < 4.78 is 0. The highest BCUT2D eigenvalue weighted by Crippen LogP contribution is 2.18. The van der Waals surface area contributed by atoms with E-state index in [4.69, 9.17) is 0 Å². The first-order valence-electron chi connectivity index (χ1n) is 5.39. The standard InChI is InChI=1S/C13H17N/c1-2-14-13-9-7-11-5-3-4-6-12(11)8-10-13/h3-7,9,13-14H,2,8,10H2,1H3. The fourth-order valence-electron chi connectivity index (χ4n) is 1.98. The van der Waals surface area contributed by atoms with Crippen LogP contribution in [0.2, 0.25) is 0 Å². The Morgan fingerprint density at radius 3 is 3.07 bits per heavy atom. The zero-order chi connectivity index (χ0) is 9.80. The molecule has 1 nitrogen and oxygen atoms in total. The molecule has 2 rings (SSSR count). The molecule has 0 spiro atoms. The SMILES string of the molecule is CCNC1C=Cc2ccccc2CC1. The van der Waals surface area contributed by atoms with Gasteiger partial charge in [0.05, 0.1) is 0 Å². The van der Waals surface area contributed by atoms with Crippen LogP contribution in [0.5, 0.6) is 0 Å². The lowest BCUT2D eigenvalue weighted by atomic mass is 10.0. The first-order chi connectivity index (χ1) is 6.90. The van der Waals surface area contributed by atoms with Gasteiger partial charge in [-0.25, -0.2) is 0 Å². The molecule has 0 amide bonds. The minimum atomic E-state index is 0.549. The minimum Gasteiger partial charge on any atom is -0.311 e. The van der Waals surface area contributed by atoms with Gasteiger partial charge in [0.15, 0.2) is 0 Å². The second-order valence-electron chi connectivity index (χ2n) is 3.76. The maximum Gasteiger partial charge on any atom is 0.0256 e. The number of likely N-dealkylation sites (N-methyl/N-ethyl adjacent to an activating group) is 1. The molecule has 1 aromatic carbocycles. The average Bonchev–Trinajstić information content (AvgIpc) is 2.42. The molecule has 1 unspecified atom stereocenters. The van der Waals surface area contributed by atoms with E-state index in [1.165, 1.54) is 24.0 Å². The van der Waals surface area contributed by atoms with E-state index in [9.17, 15) is 0 Å². The molecule has 0 aromatic heterocycles. The fraction of sp³-hybridized carbons (Fsp3) is 0.385. The van der Waals surface area contributed by atoms with Crippen molar-refractivity contribution in [1.29, 1.82) is 0 Å². The van der Waals surface area contributed by atoms with Gasteiger partial charge in [0, 0.05) is 6.04 Å². The van der Waals surface area contributed by atoms with Crippen molar-refractivity contribution in [1.82, 2.24) is 5.32 Å². The maximum atomic E-state index is 3.47. The summed E-state index contributed by atoms with van der Waals surface area (Å²) >= 11 is 0. The van der Waals surface area contributed by atoms with Gasteiger partial charge in [-0.15, -0.1) is 0 Å². The summed E-state index contributed by atoms with van der Waals surface area (Å²) in [5, 5.41) is 3.47. The highest BCUT2D eigenvalue weighted by Gasteiger charge is 2.09. The highest BCUT2D eigenvalue weighted by molar-refractivity contribution is 5.55. The van der Waals surface area contributed by atoms with Crippen LogP contribution >= 0.6 is 0 Å². The number of hydrogen-bond donors (Lipinski definition) is 1. The van der Waals surface area contributed by atoms with E-state index in [1.54, 1.807) is 0 Å². The first-order valence-corrected chi connectivity index (χ1v) is 5.39. The molecule has 1 aliphatic carbocycles. The van der Waals surface area contributed by atoms with Gasteiger partial charge in [-0.1, -0.05) is 43.3 Å². The quantitative estimate of drug-likeness (QED) is 0.750. The lowest BCUT2D eigenvalue weighted by molar-refractivity contribution is 0.578. The molecule has 0 saturated heterocycles. The van der Waals surface area contributed by atoms with Gasteiger partial charge in [-0.3, -0.25) is 0 Å². The molecule has 1 N–H and O–H groups in total. The lowest BCUT2D eigenvalue weighted by Gasteiger charge is -2.10. The van der Waals surface area contributed by atoms with Gasteiger partial charge < -0.3 is 5.32 Å². The highest BCUT2D eigenvalue weighted by atomic mass is 14.9. The Morgan fingerprint density at radius 2 is 2.21 bits per heavy atom. The molecule has 0 radical (unpaired) electrons. The molecule has 0 aliphatic heterocycles. The second kappa shape index (κ2) is 4.43. The van der Waals surface area contributed by atoms with Crippen molar-refractivity contribution in [2.45, 2.75) is 25.8 Å². The van der Waals surface area contributed by atoms with Gasteiger partial charge in [0.25, 0.3) is 0 Å².